The highest BCUT2D eigenvalue weighted by Gasteiger charge is 2.70. The maximum atomic E-state index is 13.8. The lowest BCUT2D eigenvalue weighted by Gasteiger charge is -2.31. The number of hydrogen-bond donors (Lipinski definition) is 3. The SMILES string of the molecule is C[C@H](c1ccccc1)N1C(=O)[C@H]2[C@@H](C1=O)[C@]1(N[C@@H]2CCC(N)=O)C(=O)Nc2ccccc21. The second kappa shape index (κ2) is 7.27. The number of nitrogens with zero attached hydrogens (tertiary/aromatic N) is 1. The van der Waals surface area contributed by atoms with Crippen molar-refractivity contribution >= 4 is 29.3 Å². The third-order valence-electron chi connectivity index (χ3n) is 7.03. The molecule has 0 aromatic heterocycles. The third kappa shape index (κ3) is 2.72. The zero-order valence-corrected chi connectivity index (χ0v) is 17.6. The number of imide groups is 1. The summed E-state index contributed by atoms with van der Waals surface area (Å²) >= 11 is 0. The smallest absolute Gasteiger partial charge is 0.250 e. The molecule has 5 rings (SSSR count). The minimum Gasteiger partial charge on any atom is -0.370 e. The molecule has 0 aliphatic carbocycles. The molecule has 8 nitrogen and oxygen atoms in total. The van der Waals surface area contributed by atoms with Gasteiger partial charge in [0.25, 0.3) is 0 Å². The number of para-hydroxylation sites is 1. The summed E-state index contributed by atoms with van der Waals surface area (Å²) in [6.45, 7) is 1.81. The lowest BCUT2D eigenvalue weighted by Crippen LogP contribution is -2.53. The fraction of sp³-hybridized carbons (Fsp3) is 0.333. The summed E-state index contributed by atoms with van der Waals surface area (Å²) in [4.78, 5) is 53.6. The van der Waals surface area contributed by atoms with E-state index in [2.05, 4.69) is 10.6 Å². The van der Waals surface area contributed by atoms with Gasteiger partial charge in [0.2, 0.25) is 23.6 Å². The van der Waals surface area contributed by atoms with Crippen molar-refractivity contribution in [3.63, 3.8) is 0 Å². The van der Waals surface area contributed by atoms with Crippen LogP contribution in [-0.4, -0.2) is 34.6 Å². The van der Waals surface area contributed by atoms with Crippen molar-refractivity contribution in [2.75, 3.05) is 5.32 Å². The average Bonchev–Trinajstić information content (AvgIpc) is 3.37. The van der Waals surface area contributed by atoms with Gasteiger partial charge in [-0.25, -0.2) is 0 Å². The van der Waals surface area contributed by atoms with Crippen molar-refractivity contribution in [2.45, 2.75) is 37.4 Å². The Balaban J connectivity index is 1.61. The zero-order chi connectivity index (χ0) is 22.6. The monoisotopic (exact) mass is 432 g/mol. The van der Waals surface area contributed by atoms with Crippen molar-refractivity contribution in [3.05, 3.63) is 65.7 Å². The highest BCUT2D eigenvalue weighted by atomic mass is 16.2. The number of fused-ring (bicyclic) bond motifs is 4. The Morgan fingerprint density at radius 2 is 1.75 bits per heavy atom. The third-order valence-corrected chi connectivity index (χ3v) is 7.03. The van der Waals surface area contributed by atoms with E-state index in [9.17, 15) is 19.2 Å². The van der Waals surface area contributed by atoms with Gasteiger partial charge in [0.1, 0.15) is 5.54 Å². The molecule has 3 heterocycles. The highest BCUT2D eigenvalue weighted by Crippen LogP contribution is 2.54. The van der Waals surface area contributed by atoms with Crippen molar-refractivity contribution in [1.82, 2.24) is 10.2 Å². The van der Waals surface area contributed by atoms with Gasteiger partial charge in [-0.1, -0.05) is 48.5 Å². The van der Waals surface area contributed by atoms with Crippen LogP contribution in [0.1, 0.15) is 36.9 Å². The maximum absolute atomic E-state index is 13.8. The number of nitrogens with two attached hydrogens (primary N) is 1. The maximum Gasteiger partial charge on any atom is 0.250 e. The number of hydrogen-bond acceptors (Lipinski definition) is 5. The molecule has 2 saturated heterocycles. The predicted octanol–water partition coefficient (Wildman–Crippen LogP) is 1.43. The van der Waals surface area contributed by atoms with Gasteiger partial charge in [0, 0.05) is 23.7 Å². The number of amides is 4. The number of nitrogens with one attached hydrogen (secondary N) is 2. The van der Waals surface area contributed by atoms with Gasteiger partial charge < -0.3 is 11.1 Å². The molecule has 4 amide bonds. The fourth-order valence-electron chi connectivity index (χ4n) is 5.59. The van der Waals surface area contributed by atoms with Crippen molar-refractivity contribution < 1.29 is 19.2 Å². The van der Waals surface area contributed by atoms with Gasteiger partial charge in [-0.15, -0.1) is 0 Å². The van der Waals surface area contributed by atoms with E-state index in [0.29, 0.717) is 11.3 Å². The minimum atomic E-state index is -1.36. The van der Waals surface area contributed by atoms with Gasteiger partial charge >= 0.3 is 0 Å². The zero-order valence-electron chi connectivity index (χ0n) is 17.6. The molecular formula is C24H24N4O4. The predicted molar refractivity (Wildman–Crippen MR) is 116 cm³/mol. The minimum absolute atomic E-state index is 0.0515. The Bertz CT molecular complexity index is 1130. The van der Waals surface area contributed by atoms with E-state index in [1.165, 1.54) is 4.90 Å². The van der Waals surface area contributed by atoms with Crippen LogP contribution in [0.5, 0.6) is 0 Å². The number of benzene rings is 2. The molecule has 2 aromatic carbocycles. The Hall–Kier alpha value is -3.52. The van der Waals surface area contributed by atoms with Crippen LogP contribution < -0.4 is 16.4 Å². The molecule has 0 radical (unpaired) electrons. The molecule has 3 aliphatic heterocycles. The van der Waals surface area contributed by atoms with Crippen LogP contribution in [0.25, 0.3) is 0 Å². The Morgan fingerprint density at radius 1 is 1.06 bits per heavy atom. The molecule has 2 fully saturated rings. The van der Waals surface area contributed by atoms with E-state index in [4.69, 9.17) is 5.73 Å². The second-order valence-electron chi connectivity index (χ2n) is 8.70. The number of carbonyl (C=O) groups is 4. The Morgan fingerprint density at radius 3 is 2.47 bits per heavy atom. The van der Waals surface area contributed by atoms with Crippen molar-refractivity contribution in [3.8, 4) is 0 Å². The first-order valence-electron chi connectivity index (χ1n) is 10.7. The lowest BCUT2D eigenvalue weighted by molar-refractivity contribution is -0.145. The normalized spacial score (nSPS) is 29.2. The average molecular weight is 432 g/mol. The van der Waals surface area contributed by atoms with Crippen LogP contribution in [0, 0.1) is 11.8 Å². The molecule has 0 unspecified atom stereocenters. The summed E-state index contributed by atoms with van der Waals surface area (Å²) in [5, 5.41) is 6.17. The molecule has 0 bridgehead atoms. The van der Waals surface area contributed by atoms with E-state index in [0.717, 1.165) is 5.56 Å². The van der Waals surface area contributed by atoms with E-state index in [1.54, 1.807) is 24.3 Å². The highest BCUT2D eigenvalue weighted by molar-refractivity contribution is 6.15. The molecule has 0 saturated carbocycles. The molecule has 1 spiro atoms. The molecule has 32 heavy (non-hydrogen) atoms. The first-order valence-corrected chi connectivity index (χ1v) is 10.7. The van der Waals surface area contributed by atoms with Crippen LogP contribution in [0.15, 0.2) is 54.6 Å². The summed E-state index contributed by atoms with van der Waals surface area (Å²) in [5.74, 6) is -3.21. The molecule has 4 N–H and O–H groups in total. The van der Waals surface area contributed by atoms with Gasteiger partial charge in [-0.2, -0.15) is 0 Å². The van der Waals surface area contributed by atoms with Gasteiger partial charge in [0.15, 0.2) is 0 Å². The number of primary amides is 1. The van der Waals surface area contributed by atoms with Crippen LogP contribution in [0.3, 0.4) is 0 Å². The molecular weight excluding hydrogens is 408 g/mol. The summed E-state index contributed by atoms with van der Waals surface area (Å²) in [7, 11) is 0. The second-order valence-corrected chi connectivity index (χ2v) is 8.70. The van der Waals surface area contributed by atoms with Crippen LogP contribution in [0.2, 0.25) is 0 Å². The summed E-state index contributed by atoms with van der Waals surface area (Å²) in [6.07, 6.45) is 0.316. The van der Waals surface area contributed by atoms with E-state index in [-0.39, 0.29) is 30.6 Å². The number of likely N-dealkylation sites (tertiary alicyclic amines) is 1. The van der Waals surface area contributed by atoms with Crippen molar-refractivity contribution in [2.24, 2.45) is 17.6 Å². The quantitative estimate of drug-likeness (QED) is 0.617. The van der Waals surface area contributed by atoms with Crippen LogP contribution in [0.4, 0.5) is 5.69 Å². The number of anilines is 1. The first kappa shape index (κ1) is 20.4. The molecule has 164 valence electrons. The largest absolute Gasteiger partial charge is 0.370 e. The van der Waals surface area contributed by atoms with Gasteiger partial charge in [-0.05, 0) is 25.0 Å². The summed E-state index contributed by atoms with van der Waals surface area (Å²) in [6, 6.07) is 15.5. The number of rotatable bonds is 5. The van der Waals surface area contributed by atoms with Gasteiger partial charge in [-0.3, -0.25) is 29.4 Å². The summed E-state index contributed by atoms with van der Waals surface area (Å²) in [5.41, 5.74) is 6.11. The lowest BCUT2D eigenvalue weighted by atomic mass is 9.76. The number of carbonyl (C=O) groups excluding carboxylic acids is 4. The van der Waals surface area contributed by atoms with E-state index < -0.39 is 35.4 Å². The topological polar surface area (TPSA) is 122 Å². The standard InChI is InChI=1S/C24H24N4O4/c1-13(14-7-3-2-4-8-14)28-21(30)19-17(11-12-18(25)29)27-24(20(19)22(28)31)15-9-5-6-10-16(15)26-23(24)32/h2-10,13,17,19-20,27H,11-12H2,1H3,(H2,25,29)(H,26,32)/t13-,17-,19-,20+,24+/m1/s1. The molecule has 2 aromatic rings. The Labute approximate surface area is 185 Å². The van der Waals surface area contributed by atoms with Crippen molar-refractivity contribution in [1.29, 1.82) is 0 Å². The van der Waals surface area contributed by atoms with E-state index in [1.807, 2.05) is 37.3 Å². The van der Waals surface area contributed by atoms with E-state index >= 15 is 0 Å². The molecule has 8 heteroatoms. The first-order chi connectivity index (χ1) is 15.4. The van der Waals surface area contributed by atoms with Crippen LogP contribution in [-0.2, 0) is 24.7 Å². The van der Waals surface area contributed by atoms with Gasteiger partial charge in [0.05, 0.1) is 17.9 Å². The fourth-order valence-corrected chi connectivity index (χ4v) is 5.59. The molecule has 3 aliphatic rings. The Kier molecular flexibility index (Phi) is 4.63. The molecule has 5 atom stereocenters. The summed E-state index contributed by atoms with van der Waals surface area (Å²) < 4.78 is 0. The van der Waals surface area contributed by atoms with Crippen LogP contribution >= 0.6 is 0 Å².